The number of hydrogen-bond acceptors (Lipinski definition) is 7. The molecule has 0 N–H and O–H groups in total. The summed E-state index contributed by atoms with van der Waals surface area (Å²) in [6.07, 6.45) is 0.752. The van der Waals surface area contributed by atoms with Crippen molar-refractivity contribution >= 4 is 17.5 Å². The monoisotopic (exact) mass is 445 g/mol. The maximum atomic E-state index is 13.3. The Balaban J connectivity index is 1.88. The molecule has 164 valence electrons. The number of hydrogen-bond donors (Lipinski definition) is 0. The van der Waals surface area contributed by atoms with Crippen LogP contribution < -0.4 is 14.2 Å². The first-order chi connectivity index (χ1) is 15.0. The Bertz CT molecular complexity index is 1030. The summed E-state index contributed by atoms with van der Waals surface area (Å²) < 4.78 is 21.8. The fourth-order valence-electron chi connectivity index (χ4n) is 3.13. The Labute approximate surface area is 185 Å². The van der Waals surface area contributed by atoms with Crippen LogP contribution in [-0.4, -0.2) is 48.9 Å². The molecule has 31 heavy (non-hydrogen) atoms. The molecule has 2 aromatic carbocycles. The van der Waals surface area contributed by atoms with E-state index < -0.39 is 0 Å². The highest BCUT2D eigenvalue weighted by Gasteiger charge is 2.23. The second kappa shape index (κ2) is 10.2. The molecule has 3 aromatic rings. The Hall–Kier alpha value is -3.26. The van der Waals surface area contributed by atoms with Crippen LogP contribution in [0, 0.1) is 0 Å². The van der Waals surface area contributed by atoms with Crippen LogP contribution in [0.4, 0.5) is 0 Å². The number of benzene rings is 2. The zero-order valence-corrected chi connectivity index (χ0v) is 18.6. The summed E-state index contributed by atoms with van der Waals surface area (Å²) in [6, 6.07) is 10.4. The van der Waals surface area contributed by atoms with E-state index in [1.165, 1.54) is 21.3 Å². The van der Waals surface area contributed by atoms with Crippen LogP contribution in [0.3, 0.4) is 0 Å². The number of carbonyl (C=O) groups is 1. The summed E-state index contributed by atoms with van der Waals surface area (Å²) >= 11 is 6.21. The molecule has 3 rings (SSSR count). The van der Waals surface area contributed by atoms with Gasteiger partial charge in [-0.1, -0.05) is 30.7 Å². The Morgan fingerprint density at radius 2 is 1.74 bits per heavy atom. The lowest BCUT2D eigenvalue weighted by Gasteiger charge is -2.21. The van der Waals surface area contributed by atoms with Crippen molar-refractivity contribution in [3.63, 3.8) is 0 Å². The van der Waals surface area contributed by atoms with Crippen LogP contribution in [0.15, 0.2) is 40.8 Å². The number of halogens is 1. The van der Waals surface area contributed by atoms with E-state index in [1.807, 2.05) is 19.1 Å². The van der Waals surface area contributed by atoms with Crippen LogP contribution in [0.1, 0.15) is 29.6 Å². The molecular weight excluding hydrogens is 422 g/mol. The fraction of sp³-hybridized carbons (Fsp3) is 0.318. The highest BCUT2D eigenvalue weighted by Crippen LogP contribution is 2.38. The van der Waals surface area contributed by atoms with Gasteiger partial charge in [0, 0.05) is 12.1 Å². The zero-order chi connectivity index (χ0) is 22.4. The van der Waals surface area contributed by atoms with Gasteiger partial charge in [0.05, 0.1) is 38.5 Å². The van der Waals surface area contributed by atoms with Crippen molar-refractivity contribution in [3.8, 4) is 28.7 Å². The van der Waals surface area contributed by atoms with E-state index in [1.54, 1.807) is 29.2 Å². The average molecular weight is 446 g/mol. The quantitative estimate of drug-likeness (QED) is 0.480. The second-order valence-corrected chi connectivity index (χ2v) is 7.03. The normalized spacial score (nSPS) is 10.6. The summed E-state index contributed by atoms with van der Waals surface area (Å²) in [5.74, 6) is 1.62. The fourth-order valence-corrected chi connectivity index (χ4v) is 3.35. The first kappa shape index (κ1) is 22.4. The molecule has 0 aliphatic carbocycles. The first-order valence-electron chi connectivity index (χ1n) is 9.68. The Morgan fingerprint density at radius 3 is 2.32 bits per heavy atom. The summed E-state index contributed by atoms with van der Waals surface area (Å²) in [6.45, 7) is 2.64. The predicted octanol–water partition coefficient (Wildman–Crippen LogP) is 4.47. The molecule has 0 aliphatic heterocycles. The molecule has 0 radical (unpaired) electrons. The number of nitrogens with zero attached hydrogens (tertiary/aromatic N) is 3. The van der Waals surface area contributed by atoms with Gasteiger partial charge in [-0.25, -0.2) is 0 Å². The Morgan fingerprint density at radius 1 is 1.06 bits per heavy atom. The predicted molar refractivity (Wildman–Crippen MR) is 116 cm³/mol. The zero-order valence-electron chi connectivity index (χ0n) is 17.8. The van der Waals surface area contributed by atoms with Crippen LogP contribution in [0.25, 0.3) is 11.5 Å². The molecule has 9 heteroatoms. The molecule has 0 aliphatic rings. The van der Waals surface area contributed by atoms with E-state index in [-0.39, 0.29) is 12.5 Å². The van der Waals surface area contributed by atoms with Gasteiger partial charge in [-0.15, -0.1) is 10.2 Å². The molecule has 0 saturated carbocycles. The molecule has 0 unspecified atom stereocenters. The van der Waals surface area contributed by atoms with E-state index >= 15 is 0 Å². The van der Waals surface area contributed by atoms with Gasteiger partial charge in [0.25, 0.3) is 5.91 Å². The molecule has 0 saturated heterocycles. The lowest BCUT2D eigenvalue weighted by Crippen LogP contribution is -2.31. The topological polar surface area (TPSA) is 86.9 Å². The van der Waals surface area contributed by atoms with Crippen molar-refractivity contribution in [1.82, 2.24) is 15.1 Å². The van der Waals surface area contributed by atoms with Crippen LogP contribution >= 0.6 is 11.6 Å². The number of amides is 1. The number of carbonyl (C=O) groups excluding carboxylic acids is 1. The van der Waals surface area contributed by atoms with Gasteiger partial charge in [0.1, 0.15) is 0 Å². The van der Waals surface area contributed by atoms with Gasteiger partial charge in [0.2, 0.25) is 17.5 Å². The van der Waals surface area contributed by atoms with Crippen molar-refractivity contribution in [1.29, 1.82) is 0 Å². The van der Waals surface area contributed by atoms with Crippen molar-refractivity contribution in [3.05, 3.63) is 52.9 Å². The highest BCUT2D eigenvalue weighted by molar-refractivity contribution is 6.33. The third-order valence-corrected chi connectivity index (χ3v) is 4.92. The van der Waals surface area contributed by atoms with Gasteiger partial charge in [-0.2, -0.15) is 0 Å². The summed E-state index contributed by atoms with van der Waals surface area (Å²) in [5, 5.41) is 8.67. The standard InChI is InChI=1S/C22H24ClN3O5/c1-5-10-26(13-19-24-25-21(31-19)15-8-6-7-9-16(15)23)22(27)14-11-17(28-2)20(30-4)18(12-14)29-3/h6-9,11-12H,5,10,13H2,1-4H3. The minimum atomic E-state index is -0.224. The van der Waals surface area contributed by atoms with Crippen molar-refractivity contribution in [2.75, 3.05) is 27.9 Å². The molecule has 8 nitrogen and oxygen atoms in total. The van der Waals surface area contributed by atoms with Crippen LogP contribution in [-0.2, 0) is 6.54 Å². The molecule has 0 atom stereocenters. The second-order valence-electron chi connectivity index (χ2n) is 6.62. The number of methoxy groups -OCH3 is 3. The van der Waals surface area contributed by atoms with Crippen LogP contribution in [0.5, 0.6) is 17.2 Å². The number of rotatable bonds is 9. The van der Waals surface area contributed by atoms with Crippen molar-refractivity contribution in [2.45, 2.75) is 19.9 Å². The lowest BCUT2D eigenvalue weighted by molar-refractivity contribution is 0.0727. The summed E-state index contributed by atoms with van der Waals surface area (Å²) in [5.41, 5.74) is 1.04. The molecule has 0 fully saturated rings. The molecule has 1 amide bonds. The maximum Gasteiger partial charge on any atom is 0.254 e. The van der Waals surface area contributed by atoms with Crippen molar-refractivity contribution in [2.24, 2.45) is 0 Å². The maximum absolute atomic E-state index is 13.3. The van der Waals surface area contributed by atoms with Gasteiger partial charge >= 0.3 is 0 Å². The minimum absolute atomic E-state index is 0.154. The van der Waals surface area contributed by atoms with Gasteiger partial charge in [0.15, 0.2) is 11.5 Å². The number of aromatic nitrogens is 2. The van der Waals surface area contributed by atoms with Crippen molar-refractivity contribution < 1.29 is 23.4 Å². The lowest BCUT2D eigenvalue weighted by atomic mass is 10.1. The summed E-state index contributed by atoms with van der Waals surface area (Å²) in [7, 11) is 4.52. The molecule has 0 bridgehead atoms. The molecule has 1 aromatic heterocycles. The largest absolute Gasteiger partial charge is 0.493 e. The minimum Gasteiger partial charge on any atom is -0.493 e. The van der Waals surface area contributed by atoms with Gasteiger partial charge < -0.3 is 23.5 Å². The van der Waals surface area contributed by atoms with E-state index in [0.717, 1.165) is 6.42 Å². The average Bonchev–Trinajstić information content (AvgIpc) is 3.25. The highest BCUT2D eigenvalue weighted by atomic mass is 35.5. The van der Waals surface area contributed by atoms with E-state index in [2.05, 4.69) is 10.2 Å². The third kappa shape index (κ3) is 4.91. The first-order valence-corrected chi connectivity index (χ1v) is 10.1. The SMILES string of the molecule is CCCN(Cc1nnc(-c2ccccc2Cl)o1)C(=O)c1cc(OC)c(OC)c(OC)c1. The summed E-state index contributed by atoms with van der Waals surface area (Å²) in [4.78, 5) is 14.9. The van der Waals surface area contributed by atoms with E-state index in [0.29, 0.717) is 51.7 Å². The Kier molecular flexibility index (Phi) is 7.36. The third-order valence-electron chi connectivity index (χ3n) is 4.59. The number of ether oxygens (including phenoxy) is 3. The molecule has 0 spiro atoms. The smallest absolute Gasteiger partial charge is 0.254 e. The van der Waals surface area contributed by atoms with E-state index in [4.69, 9.17) is 30.2 Å². The van der Waals surface area contributed by atoms with Crippen LogP contribution in [0.2, 0.25) is 5.02 Å². The van der Waals surface area contributed by atoms with Gasteiger partial charge in [-0.05, 0) is 30.7 Å². The molecular formula is C22H24ClN3O5. The van der Waals surface area contributed by atoms with E-state index in [9.17, 15) is 4.79 Å². The molecule has 1 heterocycles. The van der Waals surface area contributed by atoms with Gasteiger partial charge in [-0.3, -0.25) is 4.79 Å².